The third kappa shape index (κ3) is 2.19. The molecule has 4 nitrogen and oxygen atoms in total. The maximum absolute atomic E-state index is 11.6. The van der Waals surface area contributed by atoms with Crippen LogP contribution >= 0.6 is 11.8 Å². The monoisotopic (exact) mass is 237 g/mol. The number of thioether (sulfide) groups is 1. The van der Waals surface area contributed by atoms with Crippen molar-refractivity contribution in [1.82, 2.24) is 0 Å². The molecule has 16 heavy (non-hydrogen) atoms. The number of hydrogen-bond donors (Lipinski definition) is 2. The van der Waals surface area contributed by atoms with Gasteiger partial charge in [-0.2, -0.15) is 0 Å². The van der Waals surface area contributed by atoms with Crippen molar-refractivity contribution < 1.29 is 14.7 Å². The molecule has 0 fully saturated rings. The summed E-state index contributed by atoms with van der Waals surface area (Å²) in [7, 11) is 0. The van der Waals surface area contributed by atoms with Gasteiger partial charge in [0.1, 0.15) is 0 Å². The van der Waals surface area contributed by atoms with Gasteiger partial charge in [-0.05, 0) is 24.6 Å². The molecule has 1 amide bonds. The van der Waals surface area contributed by atoms with Gasteiger partial charge in [-0.1, -0.05) is 6.07 Å². The molecule has 0 aromatic heterocycles. The highest BCUT2D eigenvalue weighted by molar-refractivity contribution is 8.01. The zero-order valence-electron chi connectivity index (χ0n) is 8.69. The molecule has 1 aliphatic heterocycles. The van der Waals surface area contributed by atoms with Crippen LogP contribution in [0.3, 0.4) is 0 Å². The second-order valence-electron chi connectivity index (χ2n) is 3.69. The number of anilines is 1. The van der Waals surface area contributed by atoms with E-state index in [2.05, 4.69) is 5.32 Å². The Balaban J connectivity index is 2.25. The summed E-state index contributed by atoms with van der Waals surface area (Å²) in [6.45, 7) is 1.94. The predicted molar refractivity (Wildman–Crippen MR) is 61.7 cm³/mol. The summed E-state index contributed by atoms with van der Waals surface area (Å²) >= 11 is 1.31. The maximum atomic E-state index is 11.6. The van der Waals surface area contributed by atoms with Gasteiger partial charge in [-0.25, -0.2) is 0 Å². The molecule has 0 saturated carbocycles. The SMILES string of the molecule is Cc1ccc2c(c1)NC(=O)[C@@H](CC(=O)O)S2. The van der Waals surface area contributed by atoms with E-state index < -0.39 is 11.2 Å². The van der Waals surface area contributed by atoms with Gasteiger partial charge in [0.15, 0.2) is 0 Å². The number of carbonyl (C=O) groups is 2. The standard InChI is InChI=1S/C11H11NO3S/c1-6-2-3-8-7(4-6)12-11(15)9(16-8)5-10(13)14/h2-4,9H,5H2,1H3,(H,12,15)(H,13,14)/t9-/m1/s1. The number of fused-ring (bicyclic) bond motifs is 1. The Bertz CT molecular complexity index is 459. The van der Waals surface area contributed by atoms with Crippen molar-refractivity contribution in [2.75, 3.05) is 5.32 Å². The van der Waals surface area contributed by atoms with Gasteiger partial charge >= 0.3 is 5.97 Å². The van der Waals surface area contributed by atoms with Crippen LogP contribution in [0.4, 0.5) is 5.69 Å². The molecule has 1 aromatic rings. The number of carboxylic acids is 1. The fraction of sp³-hybridized carbons (Fsp3) is 0.273. The van der Waals surface area contributed by atoms with Gasteiger partial charge in [-0.15, -0.1) is 11.8 Å². The van der Waals surface area contributed by atoms with Gasteiger partial charge < -0.3 is 10.4 Å². The topological polar surface area (TPSA) is 66.4 Å². The van der Waals surface area contributed by atoms with Crippen molar-refractivity contribution in [2.45, 2.75) is 23.5 Å². The Kier molecular flexibility index (Phi) is 2.87. The molecular formula is C11H11NO3S. The number of hydrogen-bond acceptors (Lipinski definition) is 3. The van der Waals surface area contributed by atoms with E-state index in [9.17, 15) is 9.59 Å². The first-order valence-electron chi connectivity index (χ1n) is 4.86. The second kappa shape index (κ2) is 4.17. The van der Waals surface area contributed by atoms with Crippen LogP contribution in [0, 0.1) is 6.92 Å². The summed E-state index contributed by atoms with van der Waals surface area (Å²) in [6, 6.07) is 5.74. The lowest BCUT2D eigenvalue weighted by Crippen LogP contribution is -2.30. The predicted octanol–water partition coefficient (Wildman–Crippen LogP) is 1.88. The van der Waals surface area contributed by atoms with Crippen LogP contribution in [0.1, 0.15) is 12.0 Å². The van der Waals surface area contributed by atoms with E-state index in [4.69, 9.17) is 5.11 Å². The maximum Gasteiger partial charge on any atom is 0.305 e. The summed E-state index contributed by atoms with van der Waals surface area (Å²) in [5.41, 5.74) is 1.84. The molecule has 1 aliphatic rings. The molecule has 0 spiro atoms. The van der Waals surface area contributed by atoms with E-state index in [1.165, 1.54) is 11.8 Å². The highest BCUT2D eigenvalue weighted by Gasteiger charge is 2.28. The highest BCUT2D eigenvalue weighted by atomic mass is 32.2. The molecule has 2 rings (SSSR count). The average Bonchev–Trinajstić information content (AvgIpc) is 2.19. The molecule has 0 radical (unpaired) electrons. The zero-order valence-corrected chi connectivity index (χ0v) is 9.50. The summed E-state index contributed by atoms with van der Waals surface area (Å²) in [5.74, 6) is -1.19. The Morgan fingerprint density at radius 3 is 3.00 bits per heavy atom. The Labute approximate surface area is 97.0 Å². The van der Waals surface area contributed by atoms with Crippen molar-refractivity contribution >= 4 is 29.3 Å². The van der Waals surface area contributed by atoms with Crippen LogP contribution in [0.15, 0.2) is 23.1 Å². The lowest BCUT2D eigenvalue weighted by molar-refractivity contribution is -0.138. The van der Waals surface area contributed by atoms with E-state index in [1.807, 2.05) is 25.1 Å². The molecule has 84 valence electrons. The summed E-state index contributed by atoms with van der Waals surface area (Å²) in [4.78, 5) is 23.1. The van der Waals surface area contributed by atoms with Crippen LogP contribution in [-0.4, -0.2) is 22.2 Å². The molecule has 0 aliphatic carbocycles. The number of carboxylic acid groups (broad SMARTS) is 1. The molecule has 1 aromatic carbocycles. The number of rotatable bonds is 2. The van der Waals surface area contributed by atoms with Crippen molar-refractivity contribution in [3.8, 4) is 0 Å². The quantitative estimate of drug-likeness (QED) is 0.824. The Morgan fingerprint density at radius 1 is 1.56 bits per heavy atom. The smallest absolute Gasteiger partial charge is 0.305 e. The van der Waals surface area contributed by atoms with Crippen molar-refractivity contribution in [1.29, 1.82) is 0 Å². The number of nitrogens with one attached hydrogen (secondary N) is 1. The largest absolute Gasteiger partial charge is 0.481 e. The molecule has 1 heterocycles. The Hall–Kier alpha value is -1.49. The minimum Gasteiger partial charge on any atom is -0.481 e. The number of benzene rings is 1. The molecule has 0 bridgehead atoms. The first-order valence-corrected chi connectivity index (χ1v) is 5.74. The van der Waals surface area contributed by atoms with Gasteiger partial charge in [0, 0.05) is 4.90 Å². The third-order valence-corrected chi connectivity index (χ3v) is 3.59. The van der Waals surface area contributed by atoms with E-state index in [-0.39, 0.29) is 12.3 Å². The first-order chi connectivity index (χ1) is 7.56. The number of carbonyl (C=O) groups excluding carboxylic acids is 1. The third-order valence-electron chi connectivity index (χ3n) is 2.31. The van der Waals surface area contributed by atoms with Crippen LogP contribution < -0.4 is 5.32 Å². The van der Waals surface area contributed by atoms with E-state index >= 15 is 0 Å². The van der Waals surface area contributed by atoms with Crippen LogP contribution in [0.25, 0.3) is 0 Å². The number of aryl methyl sites for hydroxylation is 1. The number of aliphatic carboxylic acids is 1. The minimum atomic E-state index is -0.955. The van der Waals surface area contributed by atoms with Gasteiger partial charge in [0.25, 0.3) is 0 Å². The minimum absolute atomic E-state index is 0.149. The second-order valence-corrected chi connectivity index (χ2v) is 4.94. The van der Waals surface area contributed by atoms with Gasteiger partial charge in [0.2, 0.25) is 5.91 Å². The van der Waals surface area contributed by atoms with Crippen molar-refractivity contribution in [3.63, 3.8) is 0 Å². The Morgan fingerprint density at radius 2 is 2.31 bits per heavy atom. The van der Waals surface area contributed by atoms with Crippen molar-refractivity contribution in [3.05, 3.63) is 23.8 Å². The van der Waals surface area contributed by atoms with E-state index in [0.29, 0.717) is 0 Å². The fourth-order valence-electron chi connectivity index (χ4n) is 1.56. The summed E-state index contributed by atoms with van der Waals surface area (Å²) in [5, 5.41) is 10.9. The molecule has 0 saturated heterocycles. The van der Waals surface area contributed by atoms with E-state index in [0.717, 1.165) is 16.1 Å². The summed E-state index contributed by atoms with van der Waals surface area (Å²) in [6.07, 6.45) is -0.149. The highest BCUT2D eigenvalue weighted by Crippen LogP contribution is 2.37. The van der Waals surface area contributed by atoms with Crippen molar-refractivity contribution in [2.24, 2.45) is 0 Å². The first kappa shape index (κ1) is 11.0. The zero-order chi connectivity index (χ0) is 11.7. The molecule has 5 heteroatoms. The molecule has 2 N–H and O–H groups in total. The fourth-order valence-corrected chi connectivity index (χ4v) is 2.64. The van der Waals surface area contributed by atoms with Gasteiger partial charge in [0.05, 0.1) is 17.4 Å². The lowest BCUT2D eigenvalue weighted by atomic mass is 10.2. The molecule has 1 atom stereocenters. The van der Waals surface area contributed by atoms with E-state index in [1.54, 1.807) is 0 Å². The lowest BCUT2D eigenvalue weighted by Gasteiger charge is -2.23. The van der Waals surface area contributed by atoms with Crippen LogP contribution in [-0.2, 0) is 9.59 Å². The molecular weight excluding hydrogens is 226 g/mol. The van der Waals surface area contributed by atoms with Gasteiger partial charge in [-0.3, -0.25) is 9.59 Å². The summed E-state index contributed by atoms with van der Waals surface area (Å²) < 4.78 is 0. The molecule has 0 unspecified atom stereocenters. The van der Waals surface area contributed by atoms with Crippen LogP contribution in [0.2, 0.25) is 0 Å². The normalized spacial score (nSPS) is 18.8. The van der Waals surface area contributed by atoms with Crippen LogP contribution in [0.5, 0.6) is 0 Å². The number of amides is 1. The average molecular weight is 237 g/mol.